The van der Waals surface area contributed by atoms with Crippen molar-refractivity contribution in [2.45, 2.75) is 37.2 Å². The summed E-state index contributed by atoms with van der Waals surface area (Å²) < 4.78 is 34.7. The van der Waals surface area contributed by atoms with Crippen molar-refractivity contribution in [3.05, 3.63) is 63.5 Å². The summed E-state index contributed by atoms with van der Waals surface area (Å²) in [7, 11) is -4.12. The van der Waals surface area contributed by atoms with Crippen LogP contribution < -0.4 is 5.32 Å². The number of nitrogens with one attached hydrogen (secondary N) is 1. The number of sulfonamides is 1. The summed E-state index contributed by atoms with van der Waals surface area (Å²) in [5, 5.41) is 4.19. The molecule has 2 aromatic carbocycles. The SMILES string of the molecule is CC(C)C[C@H](NC(=O)c1cc2ccccc2s1)C(=O)N1CCN(C(=O)C2COCCN2S(=O)(=O)c2ccc(Cl)cc2Cl)CC1. The van der Waals surface area contributed by atoms with E-state index in [2.05, 4.69) is 5.32 Å². The Hall–Kier alpha value is -2.74. The highest BCUT2D eigenvalue weighted by Gasteiger charge is 2.42. The van der Waals surface area contributed by atoms with Crippen molar-refractivity contribution in [2.75, 3.05) is 45.9 Å². The number of carbonyl (C=O) groups is 3. The first-order chi connectivity index (χ1) is 21.0. The Morgan fingerprint density at radius 3 is 2.39 bits per heavy atom. The quantitative estimate of drug-likeness (QED) is 0.383. The summed E-state index contributed by atoms with van der Waals surface area (Å²) >= 11 is 13.6. The Kier molecular flexibility index (Phi) is 10.2. The molecule has 5 rings (SSSR count). The van der Waals surface area contributed by atoms with Crippen LogP contribution in [0.5, 0.6) is 0 Å². The first-order valence-corrected chi connectivity index (χ1v) is 17.4. The number of carbonyl (C=O) groups excluding carboxylic acids is 3. The van der Waals surface area contributed by atoms with Gasteiger partial charge in [-0.05, 0) is 48.1 Å². The number of hydrogen-bond acceptors (Lipinski definition) is 7. The van der Waals surface area contributed by atoms with Crippen molar-refractivity contribution in [1.82, 2.24) is 19.4 Å². The van der Waals surface area contributed by atoms with Gasteiger partial charge in [-0.2, -0.15) is 4.31 Å². The first kappa shape index (κ1) is 32.6. The highest BCUT2D eigenvalue weighted by Crippen LogP contribution is 2.30. The lowest BCUT2D eigenvalue weighted by Crippen LogP contribution is -2.61. The fourth-order valence-electron chi connectivity index (χ4n) is 5.48. The predicted octanol–water partition coefficient (Wildman–Crippen LogP) is 4.11. The van der Waals surface area contributed by atoms with E-state index in [9.17, 15) is 22.8 Å². The van der Waals surface area contributed by atoms with Crippen molar-refractivity contribution < 1.29 is 27.5 Å². The molecule has 2 fully saturated rings. The van der Waals surface area contributed by atoms with Crippen molar-refractivity contribution in [3.8, 4) is 0 Å². The molecule has 2 aliphatic rings. The molecule has 0 saturated carbocycles. The molecule has 236 valence electrons. The molecule has 1 aromatic heterocycles. The van der Waals surface area contributed by atoms with Gasteiger partial charge in [-0.1, -0.05) is 55.2 Å². The topological polar surface area (TPSA) is 116 Å². The second-order valence-corrected chi connectivity index (χ2v) is 15.0. The van der Waals surface area contributed by atoms with Crippen molar-refractivity contribution in [2.24, 2.45) is 5.92 Å². The molecule has 3 aromatic rings. The Labute approximate surface area is 270 Å². The summed E-state index contributed by atoms with van der Waals surface area (Å²) in [6, 6.07) is 11.9. The number of piperazine rings is 1. The zero-order valence-corrected chi connectivity index (χ0v) is 27.5. The lowest BCUT2D eigenvalue weighted by atomic mass is 10.0. The molecular formula is C30H34Cl2N4O6S2. The van der Waals surface area contributed by atoms with Gasteiger partial charge in [-0.3, -0.25) is 14.4 Å². The zero-order valence-electron chi connectivity index (χ0n) is 24.4. The second kappa shape index (κ2) is 13.7. The van der Waals surface area contributed by atoms with Crippen molar-refractivity contribution in [1.29, 1.82) is 0 Å². The summed E-state index contributed by atoms with van der Waals surface area (Å²) in [5.74, 6) is -0.744. The van der Waals surface area contributed by atoms with Crippen LogP contribution in [0.15, 0.2) is 53.4 Å². The van der Waals surface area contributed by atoms with E-state index in [0.717, 1.165) is 14.4 Å². The maximum Gasteiger partial charge on any atom is 0.262 e. The van der Waals surface area contributed by atoms with Gasteiger partial charge < -0.3 is 19.9 Å². The summed E-state index contributed by atoms with van der Waals surface area (Å²) in [6.45, 7) is 4.96. The van der Waals surface area contributed by atoms with Crippen LogP contribution in [0.3, 0.4) is 0 Å². The third kappa shape index (κ3) is 7.05. The molecule has 0 bridgehead atoms. The fourth-order valence-corrected chi connectivity index (χ4v) is 8.74. The molecule has 3 amide bonds. The minimum atomic E-state index is -4.12. The minimum absolute atomic E-state index is 0.00741. The predicted molar refractivity (Wildman–Crippen MR) is 171 cm³/mol. The van der Waals surface area contributed by atoms with Crippen LogP contribution in [0.1, 0.15) is 29.9 Å². The molecule has 10 nitrogen and oxygen atoms in total. The normalized spacial score (nSPS) is 18.9. The molecule has 44 heavy (non-hydrogen) atoms. The maximum absolute atomic E-state index is 13.6. The number of ether oxygens (including phenoxy) is 1. The average Bonchev–Trinajstić information content (AvgIpc) is 3.44. The van der Waals surface area contributed by atoms with E-state index in [4.69, 9.17) is 27.9 Å². The van der Waals surface area contributed by atoms with Gasteiger partial charge in [0, 0.05) is 42.4 Å². The number of halogens is 2. The van der Waals surface area contributed by atoms with Crippen LogP contribution in [0, 0.1) is 5.92 Å². The molecule has 3 heterocycles. The molecule has 1 N–H and O–H groups in total. The number of hydrogen-bond donors (Lipinski definition) is 1. The van der Waals surface area contributed by atoms with Crippen LogP contribution in [0.4, 0.5) is 0 Å². The molecule has 0 radical (unpaired) electrons. The highest BCUT2D eigenvalue weighted by atomic mass is 35.5. The van der Waals surface area contributed by atoms with Gasteiger partial charge in [-0.25, -0.2) is 8.42 Å². The van der Waals surface area contributed by atoms with Gasteiger partial charge in [0.05, 0.1) is 23.1 Å². The Morgan fingerprint density at radius 1 is 1.00 bits per heavy atom. The zero-order chi connectivity index (χ0) is 31.6. The van der Waals surface area contributed by atoms with E-state index in [1.807, 2.05) is 44.2 Å². The monoisotopic (exact) mass is 680 g/mol. The van der Waals surface area contributed by atoms with Crippen LogP contribution in [-0.2, 0) is 24.3 Å². The van der Waals surface area contributed by atoms with Crippen molar-refractivity contribution >= 4 is 72.4 Å². The van der Waals surface area contributed by atoms with E-state index in [0.29, 0.717) is 16.3 Å². The lowest BCUT2D eigenvalue weighted by molar-refractivity contribution is -0.145. The fraction of sp³-hybridized carbons (Fsp3) is 0.433. The minimum Gasteiger partial charge on any atom is -0.378 e. The van der Waals surface area contributed by atoms with Gasteiger partial charge in [0.15, 0.2) is 0 Å². The number of fused-ring (bicyclic) bond motifs is 1. The summed E-state index contributed by atoms with van der Waals surface area (Å²) in [5.41, 5.74) is 0. The van der Waals surface area contributed by atoms with Gasteiger partial charge in [0.1, 0.15) is 17.0 Å². The number of amides is 3. The van der Waals surface area contributed by atoms with E-state index in [1.165, 1.54) is 29.5 Å². The maximum atomic E-state index is 13.6. The molecule has 14 heteroatoms. The van der Waals surface area contributed by atoms with E-state index >= 15 is 0 Å². The standard InChI is InChI=1S/C30H34Cl2N4O6S2/c1-19(2)15-23(33-28(37)26-16-20-5-3-4-6-25(20)43-26)29(38)34-9-11-35(12-10-34)30(39)24-18-42-14-13-36(24)44(40,41)27-8-7-21(31)17-22(27)32/h3-8,16-17,19,23-24H,9-15,18H2,1-2H3,(H,33,37)/t23-,24?/m0/s1. The average molecular weight is 682 g/mol. The molecule has 2 atom stereocenters. The van der Waals surface area contributed by atoms with Crippen LogP contribution in [0.25, 0.3) is 10.1 Å². The van der Waals surface area contributed by atoms with Crippen LogP contribution >= 0.6 is 34.5 Å². The number of benzene rings is 2. The van der Waals surface area contributed by atoms with Crippen LogP contribution in [-0.4, -0.2) is 98.3 Å². The molecule has 2 saturated heterocycles. The smallest absolute Gasteiger partial charge is 0.262 e. The third-order valence-corrected chi connectivity index (χ3v) is 11.4. The number of thiophene rings is 1. The van der Waals surface area contributed by atoms with Gasteiger partial charge in [0.25, 0.3) is 5.91 Å². The van der Waals surface area contributed by atoms with E-state index < -0.39 is 28.0 Å². The van der Waals surface area contributed by atoms with Gasteiger partial charge >= 0.3 is 0 Å². The molecule has 0 spiro atoms. The third-order valence-electron chi connectivity index (χ3n) is 7.71. The Balaban J connectivity index is 1.24. The summed E-state index contributed by atoms with van der Waals surface area (Å²) in [4.78, 5) is 44.0. The number of nitrogens with zero attached hydrogens (tertiary/aromatic N) is 3. The molecule has 1 unspecified atom stereocenters. The van der Waals surface area contributed by atoms with E-state index in [1.54, 1.807) is 9.80 Å². The van der Waals surface area contributed by atoms with Crippen molar-refractivity contribution in [3.63, 3.8) is 0 Å². The number of morpholine rings is 1. The summed E-state index contributed by atoms with van der Waals surface area (Å²) in [6.07, 6.45) is 0.466. The number of rotatable bonds is 8. The second-order valence-electron chi connectivity index (χ2n) is 11.2. The van der Waals surface area contributed by atoms with Gasteiger partial charge in [-0.15, -0.1) is 11.3 Å². The van der Waals surface area contributed by atoms with Gasteiger partial charge in [0.2, 0.25) is 21.8 Å². The largest absolute Gasteiger partial charge is 0.378 e. The molecule has 0 aliphatic carbocycles. The highest BCUT2D eigenvalue weighted by molar-refractivity contribution is 7.89. The van der Waals surface area contributed by atoms with Crippen LogP contribution in [0.2, 0.25) is 10.0 Å². The Morgan fingerprint density at radius 2 is 1.70 bits per heavy atom. The first-order valence-electron chi connectivity index (χ1n) is 14.4. The molecule has 2 aliphatic heterocycles. The molecular weight excluding hydrogens is 647 g/mol. The van der Waals surface area contributed by atoms with E-state index in [-0.39, 0.29) is 73.6 Å². The Bertz CT molecular complexity index is 1620. The lowest BCUT2D eigenvalue weighted by Gasteiger charge is -2.40.